The summed E-state index contributed by atoms with van der Waals surface area (Å²) in [6.45, 7) is 3.03. The molecule has 3 N–H and O–H groups in total. The molecule has 0 unspecified atom stereocenters. The molecule has 0 aliphatic heterocycles. The molecule has 15 heavy (non-hydrogen) atoms. The first-order valence-corrected chi connectivity index (χ1v) is 6.70. The third kappa shape index (κ3) is 1.83. The summed E-state index contributed by atoms with van der Waals surface area (Å²) >= 11 is 0. The highest BCUT2D eigenvalue weighted by atomic mass is 14.9. The Morgan fingerprint density at radius 2 is 1.53 bits per heavy atom. The fourth-order valence-corrected chi connectivity index (χ4v) is 4.96. The highest BCUT2D eigenvalue weighted by Gasteiger charge is 2.50. The summed E-state index contributed by atoms with van der Waals surface area (Å²) in [6.07, 6.45) is 9.19. The molecule has 0 amide bonds. The maximum Gasteiger partial charge on any atom is 0.00747 e. The van der Waals surface area contributed by atoms with Crippen molar-refractivity contribution in [3.63, 3.8) is 0 Å². The molecule has 4 saturated carbocycles. The van der Waals surface area contributed by atoms with Gasteiger partial charge in [0.05, 0.1) is 0 Å². The molecule has 86 valence electrons. The fourth-order valence-electron chi connectivity index (χ4n) is 4.96. The van der Waals surface area contributed by atoms with Crippen LogP contribution in [0.5, 0.6) is 0 Å². The molecule has 0 atom stereocenters. The summed E-state index contributed by atoms with van der Waals surface area (Å²) in [7, 11) is 0. The van der Waals surface area contributed by atoms with Crippen LogP contribution in [0, 0.1) is 23.2 Å². The lowest BCUT2D eigenvalue weighted by molar-refractivity contribution is -0.0510. The second-order valence-electron chi connectivity index (χ2n) is 6.38. The van der Waals surface area contributed by atoms with Crippen molar-refractivity contribution in [1.29, 1.82) is 0 Å². The van der Waals surface area contributed by atoms with E-state index in [1.54, 1.807) is 19.3 Å². The molecule has 4 rings (SSSR count). The average Bonchev–Trinajstić information content (AvgIpc) is 2.15. The first-order chi connectivity index (χ1) is 7.30. The van der Waals surface area contributed by atoms with Gasteiger partial charge in [0.2, 0.25) is 0 Å². The normalized spacial score (nSPS) is 47.4. The Labute approximate surface area is 93.0 Å². The maximum atomic E-state index is 5.54. The van der Waals surface area contributed by atoms with Crippen LogP contribution in [0.2, 0.25) is 0 Å². The molecule has 2 nitrogen and oxygen atoms in total. The number of nitrogens with two attached hydrogens (primary N) is 1. The van der Waals surface area contributed by atoms with Gasteiger partial charge in [-0.05, 0) is 61.7 Å². The number of rotatable bonds is 4. The quantitative estimate of drug-likeness (QED) is 0.691. The van der Waals surface area contributed by atoms with Crippen molar-refractivity contribution >= 4 is 0 Å². The van der Waals surface area contributed by atoms with Gasteiger partial charge < -0.3 is 11.1 Å². The third-order valence-corrected chi connectivity index (χ3v) is 4.99. The third-order valence-electron chi connectivity index (χ3n) is 4.99. The standard InChI is InChI=1S/C13H24N2/c14-1-2-15-9-13-6-10-3-11(7-13)5-12(4-10)8-13/h10-12,15H,1-9,14H2. The second kappa shape index (κ2) is 3.74. The molecule has 0 heterocycles. The fraction of sp³-hybridized carbons (Fsp3) is 1.00. The molecule has 2 heteroatoms. The van der Waals surface area contributed by atoms with E-state index in [9.17, 15) is 0 Å². The molecule has 0 radical (unpaired) electrons. The van der Waals surface area contributed by atoms with Gasteiger partial charge >= 0.3 is 0 Å². The van der Waals surface area contributed by atoms with E-state index in [0.717, 1.165) is 30.8 Å². The van der Waals surface area contributed by atoms with Crippen LogP contribution >= 0.6 is 0 Å². The summed E-state index contributed by atoms with van der Waals surface area (Å²) < 4.78 is 0. The van der Waals surface area contributed by atoms with Gasteiger partial charge in [0.15, 0.2) is 0 Å². The van der Waals surface area contributed by atoms with Crippen molar-refractivity contribution in [1.82, 2.24) is 5.32 Å². The predicted molar refractivity (Wildman–Crippen MR) is 62.5 cm³/mol. The minimum atomic E-state index is 0.684. The molecule has 0 aromatic carbocycles. The minimum absolute atomic E-state index is 0.684. The van der Waals surface area contributed by atoms with Crippen molar-refractivity contribution in [2.45, 2.75) is 38.5 Å². The van der Waals surface area contributed by atoms with Gasteiger partial charge in [-0.25, -0.2) is 0 Å². The smallest absolute Gasteiger partial charge is 0.00747 e. The van der Waals surface area contributed by atoms with E-state index >= 15 is 0 Å². The topological polar surface area (TPSA) is 38.0 Å². The van der Waals surface area contributed by atoms with Crippen molar-refractivity contribution < 1.29 is 0 Å². The zero-order chi connectivity index (χ0) is 10.3. The van der Waals surface area contributed by atoms with Crippen LogP contribution < -0.4 is 11.1 Å². The Kier molecular flexibility index (Phi) is 2.52. The van der Waals surface area contributed by atoms with Crippen molar-refractivity contribution in [2.24, 2.45) is 28.9 Å². The van der Waals surface area contributed by atoms with Crippen LogP contribution in [0.4, 0.5) is 0 Å². The van der Waals surface area contributed by atoms with Crippen LogP contribution in [-0.4, -0.2) is 19.6 Å². The van der Waals surface area contributed by atoms with Gasteiger partial charge in [0.25, 0.3) is 0 Å². The summed E-state index contributed by atoms with van der Waals surface area (Å²) in [6, 6.07) is 0. The molecule has 0 saturated heterocycles. The molecule has 0 aromatic rings. The Bertz CT molecular complexity index is 201. The van der Waals surface area contributed by atoms with Gasteiger partial charge in [-0.1, -0.05) is 0 Å². The Hall–Kier alpha value is -0.0800. The first-order valence-electron chi connectivity index (χ1n) is 6.70. The lowest BCUT2D eigenvalue weighted by Gasteiger charge is -2.57. The summed E-state index contributed by atoms with van der Waals surface area (Å²) in [5.74, 6) is 3.24. The van der Waals surface area contributed by atoms with Crippen LogP contribution in [-0.2, 0) is 0 Å². The lowest BCUT2D eigenvalue weighted by Crippen LogP contribution is -2.50. The highest BCUT2D eigenvalue weighted by Crippen LogP contribution is 2.59. The predicted octanol–water partition coefficient (Wildman–Crippen LogP) is 1.75. The number of hydrogen-bond acceptors (Lipinski definition) is 2. The Balaban J connectivity index is 1.65. The molecular formula is C13H24N2. The highest BCUT2D eigenvalue weighted by molar-refractivity contribution is 5.02. The van der Waals surface area contributed by atoms with E-state index in [1.807, 2.05) is 0 Å². The van der Waals surface area contributed by atoms with Gasteiger partial charge in [0, 0.05) is 19.6 Å². The van der Waals surface area contributed by atoms with E-state index in [1.165, 1.54) is 25.8 Å². The minimum Gasteiger partial charge on any atom is -0.329 e. The Morgan fingerprint density at radius 1 is 1.00 bits per heavy atom. The van der Waals surface area contributed by atoms with Crippen molar-refractivity contribution in [3.8, 4) is 0 Å². The van der Waals surface area contributed by atoms with E-state index in [2.05, 4.69) is 5.32 Å². The van der Waals surface area contributed by atoms with E-state index in [-0.39, 0.29) is 0 Å². The van der Waals surface area contributed by atoms with Gasteiger partial charge in [-0.3, -0.25) is 0 Å². The largest absolute Gasteiger partial charge is 0.329 e. The van der Waals surface area contributed by atoms with E-state index in [0.29, 0.717) is 5.41 Å². The van der Waals surface area contributed by atoms with Gasteiger partial charge in [0.1, 0.15) is 0 Å². The lowest BCUT2D eigenvalue weighted by atomic mass is 9.49. The SMILES string of the molecule is NCCNCC12CC3CC(CC(C3)C1)C2. The number of nitrogens with one attached hydrogen (secondary N) is 1. The monoisotopic (exact) mass is 208 g/mol. The molecule has 4 fully saturated rings. The maximum absolute atomic E-state index is 5.54. The van der Waals surface area contributed by atoms with Crippen LogP contribution in [0.25, 0.3) is 0 Å². The molecule has 4 aliphatic carbocycles. The zero-order valence-corrected chi connectivity index (χ0v) is 9.67. The molecular weight excluding hydrogens is 184 g/mol. The van der Waals surface area contributed by atoms with E-state index in [4.69, 9.17) is 5.73 Å². The van der Waals surface area contributed by atoms with Crippen LogP contribution in [0.3, 0.4) is 0 Å². The summed E-state index contributed by atoms with van der Waals surface area (Å²) in [5, 5.41) is 3.57. The van der Waals surface area contributed by atoms with Crippen molar-refractivity contribution in [3.05, 3.63) is 0 Å². The first kappa shape index (κ1) is 10.1. The van der Waals surface area contributed by atoms with Crippen LogP contribution in [0.1, 0.15) is 38.5 Å². The van der Waals surface area contributed by atoms with Crippen LogP contribution in [0.15, 0.2) is 0 Å². The molecule has 0 spiro atoms. The zero-order valence-electron chi connectivity index (χ0n) is 9.67. The average molecular weight is 208 g/mol. The Morgan fingerprint density at radius 3 is 2.00 bits per heavy atom. The molecule has 0 aromatic heterocycles. The van der Waals surface area contributed by atoms with Gasteiger partial charge in [-0.2, -0.15) is 0 Å². The van der Waals surface area contributed by atoms with Crippen molar-refractivity contribution in [2.75, 3.05) is 19.6 Å². The summed E-state index contributed by atoms with van der Waals surface area (Å²) in [4.78, 5) is 0. The second-order valence-corrected chi connectivity index (χ2v) is 6.38. The summed E-state index contributed by atoms with van der Waals surface area (Å²) in [5.41, 5.74) is 6.23. The van der Waals surface area contributed by atoms with Gasteiger partial charge in [-0.15, -0.1) is 0 Å². The van der Waals surface area contributed by atoms with E-state index < -0.39 is 0 Å². The number of hydrogen-bond donors (Lipinski definition) is 2. The molecule has 4 bridgehead atoms. The molecule has 4 aliphatic rings.